The molecule has 0 amide bonds. The number of aromatic nitrogens is 2. The zero-order valence-electron chi connectivity index (χ0n) is 12.5. The van der Waals surface area contributed by atoms with Gasteiger partial charge in [-0.1, -0.05) is 18.2 Å². The van der Waals surface area contributed by atoms with E-state index in [1.807, 2.05) is 23.1 Å². The molecule has 1 aromatic carbocycles. The van der Waals surface area contributed by atoms with Crippen molar-refractivity contribution in [3.8, 4) is 5.69 Å². The fraction of sp³-hybridized carbons (Fsp3) is 0.471. The second kappa shape index (κ2) is 6.87. The molecule has 4 heteroatoms. The molecular formula is C17H23N3O. The van der Waals surface area contributed by atoms with Crippen LogP contribution in [-0.2, 0) is 4.74 Å². The van der Waals surface area contributed by atoms with E-state index in [-0.39, 0.29) is 0 Å². The average molecular weight is 285 g/mol. The average Bonchev–Trinajstić information content (AvgIpc) is 3.20. The van der Waals surface area contributed by atoms with E-state index in [1.54, 1.807) is 0 Å². The van der Waals surface area contributed by atoms with Crippen LogP contribution in [0.4, 0.5) is 0 Å². The summed E-state index contributed by atoms with van der Waals surface area (Å²) in [5, 5.41) is 7.95. The standard InChI is InChI=1S/C17H23N3O/c1-14(18-11-9-15-6-4-13-21-15)16-7-2-3-8-17(16)20-12-5-10-19-20/h2-3,5,7-8,10,12,14-15,18H,4,6,9,11,13H2,1H3. The third kappa shape index (κ3) is 3.52. The van der Waals surface area contributed by atoms with Crippen LogP contribution in [0.1, 0.15) is 37.8 Å². The Balaban J connectivity index is 1.62. The summed E-state index contributed by atoms with van der Waals surface area (Å²) in [7, 11) is 0. The van der Waals surface area contributed by atoms with Crippen molar-refractivity contribution in [2.24, 2.45) is 0 Å². The lowest BCUT2D eigenvalue weighted by Crippen LogP contribution is -2.24. The topological polar surface area (TPSA) is 39.1 Å². The fourth-order valence-electron chi connectivity index (χ4n) is 2.92. The number of ether oxygens (including phenoxy) is 1. The molecule has 1 N–H and O–H groups in total. The second-order valence-corrected chi connectivity index (χ2v) is 5.61. The summed E-state index contributed by atoms with van der Waals surface area (Å²) < 4.78 is 7.59. The highest BCUT2D eigenvalue weighted by Gasteiger charge is 2.16. The molecule has 0 aliphatic carbocycles. The van der Waals surface area contributed by atoms with Crippen LogP contribution in [0.15, 0.2) is 42.7 Å². The lowest BCUT2D eigenvalue weighted by molar-refractivity contribution is 0.103. The van der Waals surface area contributed by atoms with Crippen molar-refractivity contribution in [1.82, 2.24) is 15.1 Å². The molecule has 1 saturated heterocycles. The number of hydrogen-bond donors (Lipinski definition) is 1. The second-order valence-electron chi connectivity index (χ2n) is 5.61. The number of hydrogen-bond acceptors (Lipinski definition) is 3. The Hall–Kier alpha value is -1.65. The van der Waals surface area contributed by atoms with Crippen LogP contribution >= 0.6 is 0 Å². The lowest BCUT2D eigenvalue weighted by atomic mass is 10.1. The molecule has 0 bridgehead atoms. The van der Waals surface area contributed by atoms with Crippen LogP contribution in [0.5, 0.6) is 0 Å². The van der Waals surface area contributed by atoms with Crippen molar-refractivity contribution in [3.63, 3.8) is 0 Å². The van der Waals surface area contributed by atoms with E-state index in [9.17, 15) is 0 Å². The van der Waals surface area contributed by atoms with Gasteiger partial charge in [0.1, 0.15) is 0 Å². The van der Waals surface area contributed by atoms with E-state index >= 15 is 0 Å². The van der Waals surface area contributed by atoms with Gasteiger partial charge in [0.15, 0.2) is 0 Å². The number of para-hydroxylation sites is 1. The van der Waals surface area contributed by atoms with Crippen molar-refractivity contribution in [3.05, 3.63) is 48.3 Å². The van der Waals surface area contributed by atoms with E-state index in [0.29, 0.717) is 12.1 Å². The quantitative estimate of drug-likeness (QED) is 0.886. The van der Waals surface area contributed by atoms with E-state index in [1.165, 1.54) is 18.4 Å². The van der Waals surface area contributed by atoms with Gasteiger partial charge in [-0.2, -0.15) is 5.10 Å². The summed E-state index contributed by atoms with van der Waals surface area (Å²) in [6.45, 7) is 4.12. The maximum absolute atomic E-state index is 5.67. The molecule has 1 aliphatic heterocycles. The predicted octanol–water partition coefficient (Wildman–Crippen LogP) is 3.09. The van der Waals surface area contributed by atoms with Crippen LogP contribution in [0.2, 0.25) is 0 Å². The zero-order chi connectivity index (χ0) is 14.5. The molecule has 2 aromatic rings. The molecule has 0 saturated carbocycles. The summed E-state index contributed by atoms with van der Waals surface area (Å²) in [6, 6.07) is 10.7. The number of benzene rings is 1. The maximum atomic E-state index is 5.67. The minimum atomic E-state index is 0.298. The van der Waals surface area contributed by atoms with Crippen LogP contribution in [0, 0.1) is 0 Å². The van der Waals surface area contributed by atoms with E-state index in [2.05, 4.69) is 41.6 Å². The first-order chi connectivity index (χ1) is 10.3. The van der Waals surface area contributed by atoms with Gasteiger partial charge in [0.2, 0.25) is 0 Å². The third-order valence-corrected chi connectivity index (χ3v) is 4.10. The molecule has 1 aromatic heterocycles. The van der Waals surface area contributed by atoms with Gasteiger partial charge < -0.3 is 10.1 Å². The van der Waals surface area contributed by atoms with Crippen LogP contribution in [0.25, 0.3) is 5.69 Å². The van der Waals surface area contributed by atoms with Crippen molar-refractivity contribution >= 4 is 0 Å². The fourth-order valence-corrected chi connectivity index (χ4v) is 2.92. The van der Waals surface area contributed by atoms with Gasteiger partial charge in [-0.3, -0.25) is 0 Å². The molecular weight excluding hydrogens is 262 g/mol. The Morgan fingerprint density at radius 1 is 1.38 bits per heavy atom. The summed E-state index contributed by atoms with van der Waals surface area (Å²) in [5.41, 5.74) is 2.41. The van der Waals surface area contributed by atoms with Gasteiger partial charge in [-0.25, -0.2) is 4.68 Å². The Morgan fingerprint density at radius 2 is 2.29 bits per heavy atom. The molecule has 112 valence electrons. The summed E-state index contributed by atoms with van der Waals surface area (Å²) in [5.74, 6) is 0. The smallest absolute Gasteiger partial charge is 0.0693 e. The van der Waals surface area contributed by atoms with Crippen molar-refractivity contribution < 1.29 is 4.74 Å². The molecule has 2 unspecified atom stereocenters. The Morgan fingerprint density at radius 3 is 3.05 bits per heavy atom. The molecule has 2 heterocycles. The monoisotopic (exact) mass is 285 g/mol. The van der Waals surface area contributed by atoms with E-state index in [0.717, 1.165) is 25.3 Å². The van der Waals surface area contributed by atoms with Crippen LogP contribution in [-0.4, -0.2) is 29.0 Å². The van der Waals surface area contributed by atoms with E-state index < -0.39 is 0 Å². The van der Waals surface area contributed by atoms with Gasteiger partial charge in [0, 0.05) is 25.0 Å². The van der Waals surface area contributed by atoms with Crippen molar-refractivity contribution in [2.75, 3.05) is 13.2 Å². The van der Waals surface area contributed by atoms with Gasteiger partial charge in [-0.15, -0.1) is 0 Å². The van der Waals surface area contributed by atoms with Crippen molar-refractivity contribution in [2.45, 2.75) is 38.3 Å². The predicted molar refractivity (Wildman–Crippen MR) is 83.6 cm³/mol. The minimum absolute atomic E-state index is 0.298. The maximum Gasteiger partial charge on any atom is 0.0693 e. The Kier molecular flexibility index (Phi) is 4.68. The van der Waals surface area contributed by atoms with Gasteiger partial charge in [0.05, 0.1) is 11.8 Å². The largest absolute Gasteiger partial charge is 0.378 e. The highest BCUT2D eigenvalue weighted by molar-refractivity contribution is 5.42. The highest BCUT2D eigenvalue weighted by atomic mass is 16.5. The summed E-state index contributed by atoms with van der Waals surface area (Å²) in [4.78, 5) is 0. The molecule has 4 nitrogen and oxygen atoms in total. The highest BCUT2D eigenvalue weighted by Crippen LogP contribution is 2.21. The zero-order valence-corrected chi connectivity index (χ0v) is 12.5. The first kappa shape index (κ1) is 14.3. The molecule has 3 rings (SSSR count). The van der Waals surface area contributed by atoms with Crippen LogP contribution in [0.3, 0.4) is 0 Å². The third-order valence-electron chi connectivity index (χ3n) is 4.10. The normalized spacial score (nSPS) is 19.8. The number of nitrogens with zero attached hydrogens (tertiary/aromatic N) is 2. The molecule has 1 aliphatic rings. The Labute approximate surface area is 126 Å². The van der Waals surface area contributed by atoms with Gasteiger partial charge >= 0.3 is 0 Å². The summed E-state index contributed by atoms with van der Waals surface area (Å²) >= 11 is 0. The first-order valence-electron chi connectivity index (χ1n) is 7.78. The lowest BCUT2D eigenvalue weighted by Gasteiger charge is -2.19. The SMILES string of the molecule is CC(NCCC1CCCO1)c1ccccc1-n1cccn1. The molecule has 0 spiro atoms. The van der Waals surface area contributed by atoms with E-state index in [4.69, 9.17) is 4.74 Å². The molecule has 1 fully saturated rings. The first-order valence-corrected chi connectivity index (χ1v) is 7.78. The molecule has 0 radical (unpaired) electrons. The molecule has 21 heavy (non-hydrogen) atoms. The minimum Gasteiger partial charge on any atom is -0.378 e. The van der Waals surface area contributed by atoms with Gasteiger partial charge in [0.25, 0.3) is 0 Å². The van der Waals surface area contributed by atoms with Crippen molar-refractivity contribution in [1.29, 1.82) is 0 Å². The van der Waals surface area contributed by atoms with Gasteiger partial charge in [-0.05, 0) is 50.4 Å². The van der Waals surface area contributed by atoms with Crippen LogP contribution < -0.4 is 5.32 Å². The molecule has 2 atom stereocenters. The summed E-state index contributed by atoms with van der Waals surface area (Å²) in [6.07, 6.45) is 7.76. The number of nitrogens with one attached hydrogen (secondary N) is 1. The Bertz CT molecular complexity index is 547. The number of rotatable bonds is 6.